The van der Waals surface area contributed by atoms with Crippen LogP contribution in [0.5, 0.6) is 0 Å². The number of Topliss-reactive ketones (excluding diaryl/α,β-unsaturated/α-hetero) is 1. The van der Waals surface area contributed by atoms with Gasteiger partial charge < -0.3 is 0 Å². The van der Waals surface area contributed by atoms with Crippen molar-refractivity contribution in [2.45, 2.75) is 50.6 Å². The van der Waals surface area contributed by atoms with Crippen molar-refractivity contribution in [3.63, 3.8) is 0 Å². The molecule has 26 heavy (non-hydrogen) atoms. The number of hydrogen-bond donors (Lipinski definition) is 0. The summed E-state index contributed by atoms with van der Waals surface area (Å²) in [6, 6.07) is 8.12. The average Bonchev–Trinajstić information content (AvgIpc) is 3.07. The van der Waals surface area contributed by atoms with Crippen LogP contribution < -0.4 is 0 Å². The fourth-order valence-corrected chi connectivity index (χ4v) is 6.78. The quantitative estimate of drug-likeness (QED) is 0.750. The number of hydrogen-bond acceptors (Lipinski definition) is 5. The molecule has 6 heteroatoms. The summed E-state index contributed by atoms with van der Waals surface area (Å²) in [5.41, 5.74) is 2.10. The minimum atomic E-state index is -0.0378. The molecule has 1 aromatic carbocycles. The van der Waals surface area contributed by atoms with Gasteiger partial charge in [0, 0.05) is 5.41 Å². The monoisotopic (exact) mass is 368 g/mol. The molecular formula is C20H24N4OS. The molecule has 6 rings (SSSR count). The summed E-state index contributed by atoms with van der Waals surface area (Å²) >= 11 is 1.49. The van der Waals surface area contributed by atoms with Crippen LogP contribution in [0.1, 0.15) is 44.1 Å². The van der Waals surface area contributed by atoms with Gasteiger partial charge in [-0.1, -0.05) is 29.5 Å². The van der Waals surface area contributed by atoms with E-state index in [-0.39, 0.29) is 5.41 Å². The van der Waals surface area contributed by atoms with Gasteiger partial charge in [0.1, 0.15) is 5.78 Å². The fourth-order valence-electron chi connectivity index (χ4n) is 5.85. The first kappa shape index (κ1) is 16.5. The number of aryl methyl sites for hydroxylation is 1. The number of ketones is 1. The van der Waals surface area contributed by atoms with Crippen LogP contribution in [0.3, 0.4) is 0 Å². The van der Waals surface area contributed by atoms with Crippen molar-refractivity contribution >= 4 is 17.5 Å². The van der Waals surface area contributed by atoms with E-state index in [1.54, 1.807) is 4.68 Å². The van der Waals surface area contributed by atoms with E-state index in [0.717, 1.165) is 42.7 Å². The van der Waals surface area contributed by atoms with E-state index in [1.165, 1.54) is 36.6 Å². The summed E-state index contributed by atoms with van der Waals surface area (Å²) in [7, 11) is 0. The maximum Gasteiger partial charge on any atom is 0.214 e. The van der Waals surface area contributed by atoms with Crippen molar-refractivity contribution in [3.05, 3.63) is 29.8 Å². The molecule has 0 saturated heterocycles. The van der Waals surface area contributed by atoms with Gasteiger partial charge in [0.05, 0.1) is 11.4 Å². The van der Waals surface area contributed by atoms with E-state index >= 15 is 0 Å². The third-order valence-electron chi connectivity index (χ3n) is 6.68. The van der Waals surface area contributed by atoms with Crippen LogP contribution in [-0.2, 0) is 4.79 Å². The van der Waals surface area contributed by atoms with Gasteiger partial charge in [-0.3, -0.25) is 4.79 Å². The Balaban J connectivity index is 1.31. The van der Waals surface area contributed by atoms with Gasteiger partial charge in [-0.15, -0.1) is 5.10 Å². The Kier molecular flexibility index (Phi) is 3.92. The largest absolute Gasteiger partial charge is 0.298 e. The maximum atomic E-state index is 13.2. The van der Waals surface area contributed by atoms with E-state index in [1.807, 2.05) is 24.3 Å². The van der Waals surface area contributed by atoms with Gasteiger partial charge in [-0.05, 0) is 85.8 Å². The summed E-state index contributed by atoms with van der Waals surface area (Å²) in [4.78, 5) is 13.2. The smallest absolute Gasteiger partial charge is 0.214 e. The lowest BCUT2D eigenvalue weighted by Gasteiger charge is -2.56. The minimum Gasteiger partial charge on any atom is -0.298 e. The molecule has 4 saturated carbocycles. The van der Waals surface area contributed by atoms with E-state index < -0.39 is 0 Å². The standard InChI is InChI=1S/C20H24N4OS/c1-13-2-4-17(5-3-13)24-19(21-22-23-24)26-12-18(25)20-9-14-6-15(10-20)8-16(7-14)11-20/h2-5,14-16H,6-12H2,1H3. The molecule has 0 radical (unpaired) electrons. The predicted molar refractivity (Wildman–Crippen MR) is 100 cm³/mol. The second-order valence-corrected chi connectivity index (χ2v) is 9.56. The molecular weight excluding hydrogens is 344 g/mol. The normalized spacial score (nSPS) is 32.1. The Bertz CT molecular complexity index is 793. The number of aromatic nitrogens is 4. The zero-order valence-electron chi connectivity index (χ0n) is 15.1. The predicted octanol–water partition coefficient (Wildman–Crippen LogP) is 3.85. The number of benzene rings is 1. The first-order valence-corrected chi connectivity index (χ1v) is 10.6. The first-order chi connectivity index (χ1) is 12.6. The lowest BCUT2D eigenvalue weighted by Crippen LogP contribution is -2.50. The molecule has 4 bridgehead atoms. The van der Waals surface area contributed by atoms with Crippen LogP contribution in [0.2, 0.25) is 0 Å². The molecule has 0 spiro atoms. The second-order valence-electron chi connectivity index (χ2n) is 8.62. The summed E-state index contributed by atoms with van der Waals surface area (Å²) in [6.07, 6.45) is 7.48. The molecule has 4 fully saturated rings. The molecule has 0 N–H and O–H groups in total. The highest BCUT2D eigenvalue weighted by Crippen LogP contribution is 2.60. The lowest BCUT2D eigenvalue weighted by molar-refractivity contribution is -0.141. The summed E-state index contributed by atoms with van der Waals surface area (Å²) in [5, 5.41) is 12.8. The van der Waals surface area contributed by atoms with Gasteiger partial charge in [-0.25, -0.2) is 0 Å². The van der Waals surface area contributed by atoms with Gasteiger partial charge >= 0.3 is 0 Å². The molecule has 2 aromatic rings. The van der Waals surface area contributed by atoms with Crippen LogP contribution in [-0.4, -0.2) is 31.7 Å². The van der Waals surface area contributed by atoms with Crippen LogP contribution in [0, 0.1) is 30.1 Å². The van der Waals surface area contributed by atoms with Crippen LogP contribution in [0.4, 0.5) is 0 Å². The number of thioether (sulfide) groups is 1. The maximum absolute atomic E-state index is 13.2. The van der Waals surface area contributed by atoms with Crippen molar-refractivity contribution in [2.75, 3.05) is 5.75 Å². The summed E-state index contributed by atoms with van der Waals surface area (Å²) in [5.74, 6) is 3.31. The number of nitrogens with zero attached hydrogens (tertiary/aromatic N) is 4. The van der Waals surface area contributed by atoms with Crippen LogP contribution in [0.15, 0.2) is 29.4 Å². The van der Waals surface area contributed by atoms with Gasteiger partial charge in [0.15, 0.2) is 0 Å². The van der Waals surface area contributed by atoms with Crippen molar-refractivity contribution in [1.29, 1.82) is 0 Å². The average molecular weight is 369 g/mol. The highest BCUT2D eigenvalue weighted by atomic mass is 32.2. The van der Waals surface area contributed by atoms with E-state index in [4.69, 9.17) is 0 Å². The summed E-state index contributed by atoms with van der Waals surface area (Å²) < 4.78 is 1.73. The molecule has 0 amide bonds. The number of tetrazole rings is 1. The van der Waals surface area contributed by atoms with Crippen LogP contribution in [0.25, 0.3) is 5.69 Å². The molecule has 1 heterocycles. The molecule has 0 unspecified atom stereocenters. The highest BCUT2D eigenvalue weighted by Gasteiger charge is 2.54. The topological polar surface area (TPSA) is 60.7 Å². The molecule has 0 aliphatic heterocycles. The molecule has 1 aromatic heterocycles. The Morgan fingerprint density at radius 1 is 1.12 bits per heavy atom. The minimum absolute atomic E-state index is 0.0378. The number of rotatable bonds is 5. The fraction of sp³-hybridized carbons (Fsp3) is 0.600. The zero-order valence-corrected chi connectivity index (χ0v) is 15.9. The SMILES string of the molecule is Cc1ccc(-n2nnnc2SCC(=O)C23CC4CC(CC(C4)C2)C3)cc1. The number of carbonyl (C=O) groups excluding carboxylic acids is 1. The van der Waals surface area contributed by atoms with Crippen LogP contribution >= 0.6 is 11.8 Å². The highest BCUT2D eigenvalue weighted by molar-refractivity contribution is 7.99. The third-order valence-corrected chi connectivity index (χ3v) is 7.60. The Labute approximate surface area is 157 Å². The van der Waals surface area contributed by atoms with E-state index in [2.05, 4.69) is 22.4 Å². The molecule has 0 atom stereocenters. The van der Waals surface area contributed by atoms with Gasteiger partial charge in [-0.2, -0.15) is 4.68 Å². The van der Waals surface area contributed by atoms with E-state index in [0.29, 0.717) is 16.7 Å². The first-order valence-electron chi connectivity index (χ1n) is 9.63. The Hall–Kier alpha value is -1.69. The number of carbonyl (C=O) groups is 1. The molecule has 4 aliphatic rings. The van der Waals surface area contributed by atoms with Crippen molar-refractivity contribution in [1.82, 2.24) is 20.2 Å². The van der Waals surface area contributed by atoms with Crippen molar-refractivity contribution in [2.24, 2.45) is 23.2 Å². The third kappa shape index (κ3) is 2.79. The van der Waals surface area contributed by atoms with E-state index in [9.17, 15) is 4.79 Å². The molecule has 4 aliphatic carbocycles. The molecule has 136 valence electrons. The Morgan fingerprint density at radius 3 is 2.35 bits per heavy atom. The Morgan fingerprint density at radius 2 is 1.73 bits per heavy atom. The van der Waals surface area contributed by atoms with Crippen molar-refractivity contribution in [3.8, 4) is 5.69 Å². The zero-order chi connectivity index (χ0) is 17.7. The van der Waals surface area contributed by atoms with Gasteiger partial charge in [0.2, 0.25) is 5.16 Å². The van der Waals surface area contributed by atoms with Gasteiger partial charge in [0.25, 0.3) is 0 Å². The van der Waals surface area contributed by atoms with Crippen molar-refractivity contribution < 1.29 is 4.79 Å². The lowest BCUT2D eigenvalue weighted by atomic mass is 9.48. The molecule has 5 nitrogen and oxygen atoms in total. The second kappa shape index (κ2) is 6.19. The summed E-state index contributed by atoms with van der Waals surface area (Å²) in [6.45, 7) is 2.06.